The highest BCUT2D eigenvalue weighted by atomic mass is 79.9. The molecule has 0 atom stereocenters. The third-order valence-corrected chi connectivity index (χ3v) is 8.57. The third-order valence-electron chi connectivity index (χ3n) is 6.88. The Labute approximate surface area is 280 Å². The summed E-state index contributed by atoms with van der Waals surface area (Å²) in [6.07, 6.45) is 1.43. The van der Waals surface area contributed by atoms with Gasteiger partial charge in [-0.2, -0.15) is 9.78 Å². The number of hydrogen-bond donors (Lipinski definition) is 1. The molecule has 0 fully saturated rings. The first kappa shape index (κ1) is 31.2. The summed E-state index contributed by atoms with van der Waals surface area (Å²) in [5.41, 5.74) is 1.64. The molecule has 0 saturated carbocycles. The Balaban J connectivity index is 1.35. The van der Waals surface area contributed by atoms with E-state index in [0.717, 1.165) is 10.1 Å². The number of halogens is 3. The van der Waals surface area contributed by atoms with E-state index in [2.05, 4.69) is 26.3 Å². The molecule has 0 aliphatic rings. The lowest BCUT2D eigenvalue weighted by atomic mass is 10.2. The number of hydrogen-bond acceptors (Lipinski definition) is 8. The van der Waals surface area contributed by atoms with Gasteiger partial charge in [-0.15, -0.1) is 0 Å². The van der Waals surface area contributed by atoms with Crippen molar-refractivity contribution in [3.63, 3.8) is 0 Å². The van der Waals surface area contributed by atoms with Crippen LogP contribution in [0.1, 0.15) is 5.56 Å². The number of nitrogens with one attached hydrogen (secondary N) is 1. The number of ether oxygens (including phenoxy) is 3. The fourth-order valence-corrected chi connectivity index (χ4v) is 5.47. The lowest BCUT2D eigenvalue weighted by Gasteiger charge is -2.15. The van der Waals surface area contributed by atoms with Crippen molar-refractivity contribution in [3.8, 4) is 28.8 Å². The predicted octanol–water partition coefficient (Wildman–Crippen LogP) is 7.80. The van der Waals surface area contributed by atoms with Crippen molar-refractivity contribution in [2.24, 2.45) is 5.10 Å². The number of nitrogens with zero attached hydrogens (tertiary/aromatic N) is 3. The summed E-state index contributed by atoms with van der Waals surface area (Å²) in [4.78, 5) is 31.0. The van der Waals surface area contributed by atoms with Gasteiger partial charge < -0.3 is 23.9 Å². The monoisotopic (exact) mass is 720 g/mol. The van der Waals surface area contributed by atoms with Crippen LogP contribution in [-0.4, -0.2) is 42.6 Å². The van der Waals surface area contributed by atoms with Crippen LogP contribution < -0.4 is 25.1 Å². The number of benzene rings is 4. The molecule has 6 rings (SSSR count). The maximum absolute atomic E-state index is 13.7. The first-order chi connectivity index (χ1) is 22.3. The number of carbonyl (C=O) groups is 1. The lowest BCUT2D eigenvalue weighted by molar-refractivity contribution is -0.118. The van der Waals surface area contributed by atoms with Gasteiger partial charge in [0.15, 0.2) is 23.9 Å². The molecule has 13 heteroatoms. The summed E-state index contributed by atoms with van der Waals surface area (Å²) in [5.74, 6) is 1.07. The smallest absolute Gasteiger partial charge is 0.282 e. The van der Waals surface area contributed by atoms with Crippen LogP contribution in [0.3, 0.4) is 0 Å². The van der Waals surface area contributed by atoms with Crippen molar-refractivity contribution >= 4 is 78.8 Å². The van der Waals surface area contributed by atoms with Gasteiger partial charge in [0.1, 0.15) is 16.4 Å². The highest BCUT2D eigenvalue weighted by Gasteiger charge is 2.20. The van der Waals surface area contributed by atoms with Crippen LogP contribution in [0.2, 0.25) is 10.0 Å². The van der Waals surface area contributed by atoms with Crippen LogP contribution in [0.5, 0.6) is 17.2 Å². The van der Waals surface area contributed by atoms with Crippen LogP contribution in [0, 0.1) is 0 Å². The topological polar surface area (TPSA) is 117 Å². The Kier molecular flexibility index (Phi) is 8.98. The molecular formula is C33H23BrCl2N4O6. The molecule has 10 nitrogen and oxygen atoms in total. The summed E-state index contributed by atoms with van der Waals surface area (Å²) in [5, 5.41) is 9.00. The Hall–Kier alpha value is -4.84. The number of furan rings is 1. The number of anilines is 1. The molecular weight excluding hydrogens is 699 g/mol. The number of carbonyl (C=O) groups excluding carboxylic acids is 1. The second kappa shape index (κ2) is 13.3. The van der Waals surface area contributed by atoms with Gasteiger partial charge in [0.2, 0.25) is 5.82 Å². The second-order valence-electron chi connectivity index (χ2n) is 9.77. The molecule has 2 heterocycles. The molecule has 0 unspecified atom stereocenters. The molecule has 232 valence electrons. The van der Waals surface area contributed by atoms with Crippen LogP contribution in [0.25, 0.3) is 33.5 Å². The Morgan fingerprint density at radius 2 is 1.76 bits per heavy atom. The van der Waals surface area contributed by atoms with Gasteiger partial charge in [-0.3, -0.25) is 9.59 Å². The zero-order chi connectivity index (χ0) is 32.4. The van der Waals surface area contributed by atoms with Crippen LogP contribution in [0.4, 0.5) is 5.69 Å². The van der Waals surface area contributed by atoms with E-state index in [0.29, 0.717) is 48.7 Å². The Morgan fingerprint density at radius 3 is 2.52 bits per heavy atom. The zero-order valence-electron chi connectivity index (χ0n) is 24.2. The highest BCUT2D eigenvalue weighted by Crippen LogP contribution is 2.42. The SMILES string of the molecule is COc1cc(C=Nn2c(-c3cc4c(OC)cccc4o3)nc3ccccc3c2=O)c(Br)c(Cl)c1OCC(=O)Nc1ccc(Cl)cc1. The van der Waals surface area contributed by atoms with Gasteiger partial charge in [0.05, 0.1) is 36.7 Å². The highest BCUT2D eigenvalue weighted by molar-refractivity contribution is 9.10. The zero-order valence-corrected chi connectivity index (χ0v) is 27.3. The molecule has 6 aromatic rings. The van der Waals surface area contributed by atoms with Crippen LogP contribution >= 0.6 is 39.1 Å². The van der Waals surface area contributed by atoms with Crippen molar-refractivity contribution in [2.45, 2.75) is 0 Å². The summed E-state index contributed by atoms with van der Waals surface area (Å²) >= 11 is 16.1. The van der Waals surface area contributed by atoms with Gasteiger partial charge in [0.25, 0.3) is 11.5 Å². The quantitative estimate of drug-likeness (QED) is 0.152. The van der Waals surface area contributed by atoms with Crippen LogP contribution in [-0.2, 0) is 4.79 Å². The number of fused-ring (bicyclic) bond motifs is 2. The third kappa shape index (κ3) is 6.17. The largest absolute Gasteiger partial charge is 0.496 e. The van der Waals surface area contributed by atoms with Gasteiger partial charge in [-0.05, 0) is 76.6 Å². The molecule has 0 saturated heterocycles. The van der Waals surface area contributed by atoms with Gasteiger partial charge in [-0.25, -0.2) is 4.98 Å². The standard InChI is InChI=1S/C33H23BrCl2N4O6/c1-43-24-8-5-9-25-22(24)15-27(46-25)32-39-23-7-4-3-6-21(23)33(42)40(32)37-16-18-14-26(44-2)31(30(36)29(18)34)45-17-28(41)38-20-12-10-19(35)11-13-20/h3-16H,17H2,1-2H3,(H,38,41). The predicted molar refractivity (Wildman–Crippen MR) is 182 cm³/mol. The number of aromatic nitrogens is 2. The van der Waals surface area contributed by atoms with E-state index in [1.54, 1.807) is 73.8 Å². The van der Waals surface area contributed by atoms with E-state index in [1.807, 2.05) is 12.1 Å². The van der Waals surface area contributed by atoms with Crippen LogP contribution in [0.15, 0.2) is 97.6 Å². The second-order valence-corrected chi connectivity index (χ2v) is 11.4. The summed E-state index contributed by atoms with van der Waals surface area (Å²) in [6.45, 7) is -0.345. The lowest BCUT2D eigenvalue weighted by Crippen LogP contribution is -2.20. The maximum Gasteiger partial charge on any atom is 0.282 e. The first-order valence-corrected chi connectivity index (χ1v) is 15.2. The number of rotatable bonds is 9. The van der Waals surface area contributed by atoms with Gasteiger partial charge >= 0.3 is 0 Å². The minimum atomic E-state index is -0.416. The molecule has 2 aromatic heterocycles. The fraction of sp³-hybridized carbons (Fsp3) is 0.0909. The Bertz CT molecular complexity index is 2200. The van der Waals surface area contributed by atoms with Crippen molar-refractivity contribution in [1.82, 2.24) is 9.66 Å². The maximum atomic E-state index is 13.7. The van der Waals surface area contributed by atoms with Crippen molar-refractivity contribution in [3.05, 3.63) is 109 Å². The van der Waals surface area contributed by atoms with Crippen molar-refractivity contribution in [2.75, 3.05) is 26.1 Å². The molecule has 0 aliphatic carbocycles. The van der Waals surface area contributed by atoms with E-state index < -0.39 is 11.5 Å². The number of amides is 1. The fourth-order valence-electron chi connectivity index (χ4n) is 4.69. The normalized spacial score (nSPS) is 11.3. The van der Waals surface area contributed by atoms with Crippen molar-refractivity contribution in [1.29, 1.82) is 0 Å². The Morgan fingerprint density at radius 1 is 1.00 bits per heavy atom. The van der Waals surface area contributed by atoms with Crippen molar-refractivity contribution < 1.29 is 23.4 Å². The number of para-hydroxylation sites is 1. The molecule has 1 N–H and O–H groups in total. The number of methoxy groups -OCH3 is 2. The summed E-state index contributed by atoms with van der Waals surface area (Å²) < 4.78 is 24.4. The average Bonchev–Trinajstić information content (AvgIpc) is 3.51. The van der Waals surface area contributed by atoms with E-state index >= 15 is 0 Å². The molecule has 0 bridgehead atoms. The van der Waals surface area contributed by atoms with Gasteiger partial charge in [0, 0.05) is 20.7 Å². The molecule has 46 heavy (non-hydrogen) atoms. The molecule has 0 spiro atoms. The van der Waals surface area contributed by atoms with E-state index in [1.165, 1.54) is 13.3 Å². The van der Waals surface area contributed by atoms with Gasteiger partial charge in [-0.1, -0.05) is 41.4 Å². The van der Waals surface area contributed by atoms with E-state index in [4.69, 9.17) is 46.8 Å². The first-order valence-electron chi connectivity index (χ1n) is 13.6. The summed E-state index contributed by atoms with van der Waals surface area (Å²) in [7, 11) is 3.01. The minimum Gasteiger partial charge on any atom is -0.496 e. The minimum absolute atomic E-state index is 0.133. The van der Waals surface area contributed by atoms with E-state index in [-0.39, 0.29) is 29.0 Å². The van der Waals surface area contributed by atoms with E-state index in [9.17, 15) is 9.59 Å². The summed E-state index contributed by atoms with van der Waals surface area (Å²) in [6, 6.07) is 22.4. The molecule has 0 radical (unpaired) electrons. The molecule has 4 aromatic carbocycles. The molecule has 0 aliphatic heterocycles. The molecule has 1 amide bonds. The average molecular weight is 722 g/mol.